The van der Waals surface area contributed by atoms with Crippen LogP contribution in [0.2, 0.25) is 0 Å². The predicted molar refractivity (Wildman–Crippen MR) is 58.2 cm³/mol. The molecule has 0 aliphatic carbocycles. The fourth-order valence-corrected chi connectivity index (χ4v) is 1.44. The van der Waals surface area contributed by atoms with E-state index in [1.807, 2.05) is 32.9 Å². The number of benzene rings is 1. The summed E-state index contributed by atoms with van der Waals surface area (Å²) in [5.41, 5.74) is 5.41. The average molecular weight is 173 g/mol. The van der Waals surface area contributed by atoms with Gasteiger partial charge in [0.05, 0.1) is 0 Å². The van der Waals surface area contributed by atoms with Crippen molar-refractivity contribution in [2.75, 3.05) is 0 Å². The highest BCUT2D eigenvalue weighted by Gasteiger charge is 2.06. The van der Waals surface area contributed by atoms with Crippen molar-refractivity contribution in [2.45, 2.75) is 20.8 Å². The molecule has 13 heavy (non-hydrogen) atoms. The van der Waals surface area contributed by atoms with Gasteiger partial charge in [-0.05, 0) is 31.9 Å². The van der Waals surface area contributed by atoms with E-state index in [-0.39, 0.29) is 0 Å². The molecule has 1 N–H and O–H groups in total. The summed E-state index contributed by atoms with van der Waals surface area (Å²) in [7, 11) is 1.14. The molecule has 0 fully saturated rings. The summed E-state index contributed by atoms with van der Waals surface area (Å²) in [4.78, 5) is 0. The number of allylic oxidation sites excluding steroid dienone is 1. The Morgan fingerprint density at radius 3 is 2.38 bits per heavy atom. The van der Waals surface area contributed by atoms with Gasteiger partial charge in [0.15, 0.2) is 0 Å². The molecule has 2 heteroatoms. The van der Waals surface area contributed by atoms with Crippen LogP contribution in [0.1, 0.15) is 23.6 Å². The molecule has 0 unspecified atom stereocenters. The molecular formula is C11H14BO. The summed E-state index contributed by atoms with van der Waals surface area (Å²) in [6.45, 7) is 9.95. The molecule has 1 aromatic rings. The van der Waals surface area contributed by atoms with Gasteiger partial charge in [0.1, 0.15) is 0 Å². The SMILES string of the molecule is C=C(C)c1ccc([B]O)c(C)c1C. The maximum atomic E-state index is 8.92. The molecule has 67 valence electrons. The maximum absolute atomic E-state index is 8.92. The standard InChI is InChI=1S/C11H14BO/c1-7(2)10-5-6-11(12-13)9(4)8(10)3/h5-6,13H,1H2,2-4H3. The van der Waals surface area contributed by atoms with Crippen LogP contribution in [0.25, 0.3) is 5.57 Å². The third-order valence-electron chi connectivity index (χ3n) is 2.43. The van der Waals surface area contributed by atoms with Gasteiger partial charge in [-0.2, -0.15) is 0 Å². The van der Waals surface area contributed by atoms with Crippen molar-refractivity contribution in [1.82, 2.24) is 0 Å². The van der Waals surface area contributed by atoms with E-state index in [9.17, 15) is 0 Å². The van der Waals surface area contributed by atoms with Gasteiger partial charge in [0.25, 0.3) is 0 Å². The van der Waals surface area contributed by atoms with E-state index < -0.39 is 0 Å². The van der Waals surface area contributed by atoms with E-state index in [2.05, 4.69) is 6.58 Å². The van der Waals surface area contributed by atoms with Gasteiger partial charge in [-0.15, -0.1) is 0 Å². The highest BCUT2D eigenvalue weighted by molar-refractivity contribution is 6.46. The van der Waals surface area contributed by atoms with Crippen molar-refractivity contribution in [1.29, 1.82) is 0 Å². The Morgan fingerprint density at radius 2 is 1.92 bits per heavy atom. The Kier molecular flexibility index (Phi) is 2.94. The quantitative estimate of drug-likeness (QED) is 0.673. The zero-order valence-electron chi connectivity index (χ0n) is 8.39. The van der Waals surface area contributed by atoms with Crippen LogP contribution < -0.4 is 5.46 Å². The normalized spacial score (nSPS) is 9.85. The van der Waals surface area contributed by atoms with Gasteiger partial charge >= 0.3 is 7.48 Å². The first-order chi connectivity index (χ1) is 6.07. The van der Waals surface area contributed by atoms with E-state index in [4.69, 9.17) is 5.02 Å². The van der Waals surface area contributed by atoms with E-state index >= 15 is 0 Å². The van der Waals surface area contributed by atoms with E-state index in [0.717, 1.165) is 24.1 Å². The zero-order chi connectivity index (χ0) is 10.0. The Labute approximate surface area is 80.4 Å². The largest absolute Gasteiger partial charge is 0.450 e. The molecule has 0 aromatic heterocycles. The van der Waals surface area contributed by atoms with Gasteiger partial charge in [0, 0.05) is 0 Å². The second-order valence-electron chi connectivity index (χ2n) is 3.36. The minimum absolute atomic E-state index is 0.877. The molecule has 0 aliphatic heterocycles. The monoisotopic (exact) mass is 173 g/mol. The first-order valence-corrected chi connectivity index (χ1v) is 4.31. The van der Waals surface area contributed by atoms with Crippen LogP contribution in [0.4, 0.5) is 0 Å². The molecule has 0 aliphatic rings. The summed E-state index contributed by atoms with van der Waals surface area (Å²) in [6, 6.07) is 3.90. The maximum Gasteiger partial charge on any atom is 0.327 e. The van der Waals surface area contributed by atoms with Crippen molar-refractivity contribution >= 4 is 18.5 Å². The smallest absolute Gasteiger partial charge is 0.327 e. The summed E-state index contributed by atoms with van der Waals surface area (Å²) in [6.07, 6.45) is 0. The highest BCUT2D eigenvalue weighted by atomic mass is 16.2. The number of hydrogen-bond acceptors (Lipinski definition) is 1. The van der Waals surface area contributed by atoms with Crippen molar-refractivity contribution in [3.63, 3.8) is 0 Å². The first-order valence-electron chi connectivity index (χ1n) is 4.31. The lowest BCUT2D eigenvalue weighted by Crippen LogP contribution is -2.18. The molecular weight excluding hydrogens is 159 g/mol. The fourth-order valence-electron chi connectivity index (χ4n) is 1.44. The lowest BCUT2D eigenvalue weighted by molar-refractivity contribution is 0.615. The summed E-state index contributed by atoms with van der Waals surface area (Å²) in [5.74, 6) is 0. The van der Waals surface area contributed by atoms with E-state index in [1.54, 1.807) is 0 Å². The van der Waals surface area contributed by atoms with Gasteiger partial charge in [0.2, 0.25) is 0 Å². The third kappa shape index (κ3) is 1.83. The molecule has 0 heterocycles. The van der Waals surface area contributed by atoms with Crippen LogP contribution in [0, 0.1) is 13.8 Å². The fraction of sp³-hybridized carbons (Fsp3) is 0.273. The lowest BCUT2D eigenvalue weighted by atomic mass is 9.81. The lowest BCUT2D eigenvalue weighted by Gasteiger charge is -2.11. The molecule has 0 atom stereocenters. The van der Waals surface area contributed by atoms with Crippen LogP contribution in [-0.2, 0) is 0 Å². The van der Waals surface area contributed by atoms with Crippen LogP contribution in [0.5, 0.6) is 0 Å². The van der Waals surface area contributed by atoms with Crippen LogP contribution in [-0.4, -0.2) is 12.5 Å². The van der Waals surface area contributed by atoms with Gasteiger partial charge < -0.3 is 5.02 Å². The van der Waals surface area contributed by atoms with Crippen LogP contribution >= 0.6 is 0 Å². The zero-order valence-corrected chi connectivity index (χ0v) is 8.39. The molecule has 1 nitrogen and oxygen atoms in total. The predicted octanol–water partition coefficient (Wildman–Crippen LogP) is 1.57. The van der Waals surface area contributed by atoms with Gasteiger partial charge in [-0.25, -0.2) is 0 Å². The van der Waals surface area contributed by atoms with Crippen LogP contribution in [0.3, 0.4) is 0 Å². The Morgan fingerprint density at radius 1 is 1.31 bits per heavy atom. The Hall–Kier alpha value is -1.02. The van der Waals surface area contributed by atoms with Crippen molar-refractivity contribution in [3.05, 3.63) is 35.4 Å². The van der Waals surface area contributed by atoms with E-state index in [1.165, 1.54) is 11.1 Å². The summed E-state index contributed by atoms with van der Waals surface area (Å²) >= 11 is 0. The molecule has 0 spiro atoms. The van der Waals surface area contributed by atoms with Gasteiger partial charge in [-0.1, -0.05) is 35.3 Å². The second-order valence-corrected chi connectivity index (χ2v) is 3.36. The molecule has 0 saturated carbocycles. The molecule has 0 bridgehead atoms. The second kappa shape index (κ2) is 3.80. The highest BCUT2D eigenvalue weighted by Crippen LogP contribution is 2.17. The number of rotatable bonds is 2. The molecule has 0 saturated heterocycles. The Bertz CT molecular complexity index is 342. The molecule has 0 amide bonds. The van der Waals surface area contributed by atoms with Crippen molar-refractivity contribution < 1.29 is 5.02 Å². The topological polar surface area (TPSA) is 20.2 Å². The molecule has 1 rings (SSSR count). The van der Waals surface area contributed by atoms with Crippen LogP contribution in [0.15, 0.2) is 18.7 Å². The molecule has 1 radical (unpaired) electrons. The third-order valence-corrected chi connectivity index (χ3v) is 2.43. The molecule has 1 aromatic carbocycles. The minimum atomic E-state index is 0.877. The summed E-state index contributed by atoms with van der Waals surface area (Å²) in [5, 5.41) is 8.92. The average Bonchev–Trinajstić information content (AvgIpc) is 2.09. The summed E-state index contributed by atoms with van der Waals surface area (Å²) < 4.78 is 0. The van der Waals surface area contributed by atoms with E-state index in [0.29, 0.717) is 0 Å². The Balaban J connectivity index is 3.31. The van der Waals surface area contributed by atoms with Crippen molar-refractivity contribution in [2.24, 2.45) is 0 Å². The van der Waals surface area contributed by atoms with Gasteiger partial charge in [-0.3, -0.25) is 0 Å². The minimum Gasteiger partial charge on any atom is -0.450 e. The first kappa shape index (κ1) is 10.1. The number of hydrogen-bond donors (Lipinski definition) is 1. The van der Waals surface area contributed by atoms with Crippen molar-refractivity contribution in [3.8, 4) is 0 Å².